The van der Waals surface area contributed by atoms with Crippen LogP contribution in [0.5, 0.6) is 11.5 Å². The predicted molar refractivity (Wildman–Crippen MR) is 129 cm³/mol. The lowest BCUT2D eigenvalue weighted by Gasteiger charge is -2.27. The third-order valence-corrected chi connectivity index (χ3v) is 6.79. The fourth-order valence-corrected chi connectivity index (χ4v) is 4.79. The smallest absolute Gasteiger partial charge is 0.161 e. The lowest BCUT2D eigenvalue weighted by molar-refractivity contribution is 0.0607. The molecule has 3 rings (SSSR count). The first-order valence-corrected chi connectivity index (χ1v) is 12.6. The molecule has 0 unspecified atom stereocenters. The number of methoxy groups -OCH3 is 1. The highest BCUT2D eigenvalue weighted by Crippen LogP contribution is 2.29. The van der Waals surface area contributed by atoms with Gasteiger partial charge in [-0.1, -0.05) is 25.3 Å². The number of β-amino-alcohol motifs (C(OH)–C–C–N with tert-alkyl or cyclic N) is 1. The van der Waals surface area contributed by atoms with E-state index < -0.39 is 6.10 Å². The highest BCUT2D eigenvalue weighted by atomic mass is 16.5. The maximum atomic E-state index is 10.5. The van der Waals surface area contributed by atoms with Gasteiger partial charge < -0.3 is 29.1 Å². The Morgan fingerprint density at radius 1 is 1.09 bits per heavy atom. The molecule has 2 heterocycles. The Labute approximate surface area is 194 Å². The first kappa shape index (κ1) is 25.3. The molecule has 1 atom stereocenters. The van der Waals surface area contributed by atoms with Crippen molar-refractivity contribution in [3.63, 3.8) is 0 Å². The largest absolute Gasteiger partial charge is 0.493 e. The molecule has 0 saturated carbocycles. The van der Waals surface area contributed by atoms with Crippen molar-refractivity contribution >= 4 is 0 Å². The van der Waals surface area contributed by atoms with Gasteiger partial charge in [0.1, 0.15) is 12.7 Å². The predicted octanol–water partition coefficient (Wildman–Crippen LogP) is 3.95. The van der Waals surface area contributed by atoms with Gasteiger partial charge in [-0.25, -0.2) is 0 Å². The lowest BCUT2D eigenvalue weighted by atomic mass is 9.96. The van der Waals surface area contributed by atoms with Gasteiger partial charge in [0.05, 0.1) is 7.11 Å². The summed E-state index contributed by atoms with van der Waals surface area (Å²) < 4.78 is 17.0. The number of hydrogen-bond donors (Lipinski definition) is 1. The number of aliphatic hydroxyl groups is 1. The molecule has 0 aliphatic carbocycles. The minimum Gasteiger partial charge on any atom is -0.493 e. The minimum atomic E-state index is -0.491. The number of benzene rings is 1. The molecular formula is C26H44N2O4. The third kappa shape index (κ3) is 8.89. The van der Waals surface area contributed by atoms with Crippen molar-refractivity contribution in [3.05, 3.63) is 23.8 Å². The van der Waals surface area contributed by atoms with Gasteiger partial charge in [-0.3, -0.25) is 0 Å². The summed E-state index contributed by atoms with van der Waals surface area (Å²) in [4.78, 5) is 4.75. The van der Waals surface area contributed by atoms with Crippen LogP contribution in [0.15, 0.2) is 18.2 Å². The summed E-state index contributed by atoms with van der Waals surface area (Å²) in [5.74, 6) is 2.23. The second-order valence-electron chi connectivity index (χ2n) is 9.60. The Balaban J connectivity index is 1.43. The first-order valence-electron chi connectivity index (χ1n) is 12.6. The van der Waals surface area contributed by atoms with Crippen LogP contribution in [0, 0.1) is 5.92 Å². The Hall–Kier alpha value is -1.34. The normalized spacial score (nSPS) is 20.0. The van der Waals surface area contributed by atoms with Crippen LogP contribution in [-0.4, -0.2) is 81.2 Å². The maximum absolute atomic E-state index is 10.5. The molecule has 182 valence electrons. The van der Waals surface area contributed by atoms with Gasteiger partial charge in [-0.15, -0.1) is 0 Å². The van der Waals surface area contributed by atoms with Crippen LogP contribution in [0.3, 0.4) is 0 Å². The average molecular weight is 449 g/mol. The number of nitrogens with zero attached hydrogens (tertiary/aromatic N) is 2. The zero-order chi connectivity index (χ0) is 22.6. The number of hydrogen-bond acceptors (Lipinski definition) is 6. The quantitative estimate of drug-likeness (QED) is 0.553. The topological polar surface area (TPSA) is 54.4 Å². The van der Waals surface area contributed by atoms with Crippen LogP contribution in [0.1, 0.15) is 56.9 Å². The molecule has 2 aliphatic heterocycles. The van der Waals surface area contributed by atoms with Crippen molar-refractivity contribution in [2.24, 2.45) is 5.92 Å². The highest BCUT2D eigenvalue weighted by molar-refractivity contribution is 5.43. The van der Waals surface area contributed by atoms with E-state index in [2.05, 4.69) is 29.0 Å². The Morgan fingerprint density at radius 3 is 2.53 bits per heavy atom. The van der Waals surface area contributed by atoms with Crippen LogP contribution < -0.4 is 9.47 Å². The molecular weight excluding hydrogens is 404 g/mol. The number of ether oxygens (including phenoxy) is 3. The van der Waals surface area contributed by atoms with Crippen LogP contribution >= 0.6 is 0 Å². The van der Waals surface area contributed by atoms with E-state index in [1.165, 1.54) is 56.9 Å². The zero-order valence-corrected chi connectivity index (χ0v) is 20.3. The molecule has 2 aliphatic rings. The molecule has 2 fully saturated rings. The van der Waals surface area contributed by atoms with Gasteiger partial charge in [-0.05, 0) is 82.4 Å². The maximum Gasteiger partial charge on any atom is 0.161 e. The van der Waals surface area contributed by atoms with Crippen molar-refractivity contribution < 1.29 is 19.3 Å². The Morgan fingerprint density at radius 2 is 1.81 bits per heavy atom. The molecule has 1 aromatic carbocycles. The summed E-state index contributed by atoms with van der Waals surface area (Å²) in [6.07, 6.45) is 9.53. The van der Waals surface area contributed by atoms with Crippen molar-refractivity contribution in [2.75, 3.05) is 60.2 Å². The summed E-state index contributed by atoms with van der Waals surface area (Å²) in [5, 5.41) is 10.5. The average Bonchev–Trinajstić information content (AvgIpc) is 2.79. The van der Waals surface area contributed by atoms with Gasteiger partial charge in [0.15, 0.2) is 11.5 Å². The molecule has 32 heavy (non-hydrogen) atoms. The van der Waals surface area contributed by atoms with E-state index in [-0.39, 0.29) is 6.61 Å². The van der Waals surface area contributed by atoms with E-state index in [0.717, 1.165) is 51.1 Å². The molecule has 6 nitrogen and oxygen atoms in total. The van der Waals surface area contributed by atoms with Crippen LogP contribution in [0.4, 0.5) is 0 Å². The van der Waals surface area contributed by atoms with Crippen molar-refractivity contribution in [3.8, 4) is 11.5 Å². The molecule has 2 saturated heterocycles. The molecule has 0 aromatic heterocycles. The van der Waals surface area contributed by atoms with E-state index in [1.54, 1.807) is 7.11 Å². The second-order valence-corrected chi connectivity index (χ2v) is 9.60. The van der Waals surface area contributed by atoms with Crippen LogP contribution in [0.25, 0.3) is 0 Å². The van der Waals surface area contributed by atoms with Gasteiger partial charge in [0.2, 0.25) is 0 Å². The SMILES string of the molecule is COc1cc(CN(C)CCC2CCOCC2)ccc1OC[C@H](O)CN1CCCCCCC1. The summed E-state index contributed by atoms with van der Waals surface area (Å²) >= 11 is 0. The van der Waals surface area contributed by atoms with E-state index in [0.29, 0.717) is 12.3 Å². The fourth-order valence-electron chi connectivity index (χ4n) is 4.79. The zero-order valence-electron chi connectivity index (χ0n) is 20.3. The van der Waals surface area contributed by atoms with Gasteiger partial charge in [-0.2, -0.15) is 0 Å². The number of rotatable bonds is 11. The van der Waals surface area contributed by atoms with Crippen LogP contribution in [0.2, 0.25) is 0 Å². The van der Waals surface area contributed by atoms with E-state index in [9.17, 15) is 5.11 Å². The van der Waals surface area contributed by atoms with Crippen LogP contribution in [-0.2, 0) is 11.3 Å². The molecule has 0 amide bonds. The summed E-state index contributed by atoms with van der Waals surface area (Å²) in [6, 6.07) is 6.14. The molecule has 1 N–H and O–H groups in total. The molecule has 6 heteroatoms. The standard InChI is InChI=1S/C26H44N2O4/c1-27(15-10-22-11-16-31-17-12-22)19-23-8-9-25(26(18-23)30-2)32-21-24(29)20-28-13-6-4-3-5-7-14-28/h8-9,18,22,24,29H,3-7,10-17,19-21H2,1-2H3/t24-/m1/s1. The monoisotopic (exact) mass is 448 g/mol. The third-order valence-electron chi connectivity index (χ3n) is 6.79. The minimum absolute atomic E-state index is 0.289. The molecule has 0 radical (unpaired) electrons. The Bertz CT molecular complexity index is 643. The van der Waals surface area contributed by atoms with E-state index in [4.69, 9.17) is 14.2 Å². The van der Waals surface area contributed by atoms with Gasteiger partial charge in [0, 0.05) is 26.3 Å². The van der Waals surface area contributed by atoms with Crippen molar-refractivity contribution in [1.82, 2.24) is 9.80 Å². The molecule has 0 spiro atoms. The van der Waals surface area contributed by atoms with Gasteiger partial charge in [0.25, 0.3) is 0 Å². The second kappa shape index (κ2) is 14.0. The highest BCUT2D eigenvalue weighted by Gasteiger charge is 2.16. The van der Waals surface area contributed by atoms with E-state index >= 15 is 0 Å². The molecule has 0 bridgehead atoms. The van der Waals surface area contributed by atoms with Crippen molar-refractivity contribution in [2.45, 2.75) is 64.0 Å². The summed E-state index contributed by atoms with van der Waals surface area (Å²) in [5.41, 5.74) is 1.21. The number of aliphatic hydroxyl groups excluding tert-OH is 1. The summed E-state index contributed by atoms with van der Waals surface area (Å²) in [7, 11) is 3.86. The first-order chi connectivity index (χ1) is 15.6. The Kier molecular flexibility index (Phi) is 11.1. The molecule has 1 aromatic rings. The number of likely N-dealkylation sites (tertiary alicyclic amines) is 1. The summed E-state index contributed by atoms with van der Waals surface area (Å²) in [6.45, 7) is 6.94. The van der Waals surface area contributed by atoms with Crippen molar-refractivity contribution in [1.29, 1.82) is 0 Å². The lowest BCUT2D eigenvalue weighted by Crippen LogP contribution is -2.37. The van der Waals surface area contributed by atoms with Gasteiger partial charge >= 0.3 is 0 Å². The van der Waals surface area contributed by atoms with E-state index in [1.807, 2.05) is 6.07 Å². The fraction of sp³-hybridized carbons (Fsp3) is 0.769.